The average molecular weight is 323 g/mol. The molecule has 0 spiro atoms. The molecule has 10 heteroatoms. The fourth-order valence-corrected chi connectivity index (χ4v) is 2.33. The number of benzene rings is 1. The molecule has 0 saturated carbocycles. The summed E-state index contributed by atoms with van der Waals surface area (Å²) in [5, 5.41) is 18.5. The fraction of sp³-hybridized carbons (Fsp3) is 0.0909. The van der Waals surface area contributed by atoms with Gasteiger partial charge in [0.25, 0.3) is 0 Å². The van der Waals surface area contributed by atoms with Gasteiger partial charge in [-0.15, -0.1) is 0 Å². The van der Waals surface area contributed by atoms with E-state index in [-0.39, 0.29) is 4.73 Å². The Balaban J connectivity index is 2.32. The van der Waals surface area contributed by atoms with Crippen molar-refractivity contribution in [1.29, 1.82) is 0 Å². The minimum atomic E-state index is -4.60. The van der Waals surface area contributed by atoms with E-state index in [0.29, 0.717) is 24.3 Å². The summed E-state index contributed by atoms with van der Waals surface area (Å²) < 4.78 is 65.4. The molecule has 0 atom stereocenters. The highest BCUT2D eigenvalue weighted by atomic mass is 32.2. The summed E-state index contributed by atoms with van der Waals surface area (Å²) in [6.45, 7) is 0. The predicted molar refractivity (Wildman–Crippen MR) is 63.0 cm³/mol. The summed E-state index contributed by atoms with van der Waals surface area (Å²) in [4.78, 5) is -0.567. The Bertz CT molecular complexity index is 730. The van der Waals surface area contributed by atoms with Crippen molar-refractivity contribution in [2.45, 2.75) is 11.1 Å². The second-order valence-electron chi connectivity index (χ2n) is 3.89. The van der Waals surface area contributed by atoms with E-state index in [2.05, 4.69) is 4.28 Å². The van der Waals surface area contributed by atoms with Crippen molar-refractivity contribution in [3.8, 4) is 11.8 Å². The highest BCUT2D eigenvalue weighted by molar-refractivity contribution is 7.87. The van der Waals surface area contributed by atoms with E-state index in [9.17, 15) is 31.8 Å². The van der Waals surface area contributed by atoms with Gasteiger partial charge in [0.1, 0.15) is 4.90 Å². The smallest absolute Gasteiger partial charge is 0.416 e. The molecule has 1 heterocycles. The maximum Gasteiger partial charge on any atom is 0.416 e. The van der Waals surface area contributed by atoms with Crippen LogP contribution < -0.4 is 4.28 Å². The van der Waals surface area contributed by atoms with Crippen LogP contribution in [0.3, 0.4) is 0 Å². The van der Waals surface area contributed by atoms with E-state index in [1.54, 1.807) is 0 Å². The van der Waals surface area contributed by atoms with Gasteiger partial charge >= 0.3 is 16.3 Å². The first-order valence-corrected chi connectivity index (χ1v) is 6.74. The van der Waals surface area contributed by atoms with Gasteiger partial charge in [-0.1, -0.05) is 4.73 Å². The van der Waals surface area contributed by atoms with Gasteiger partial charge in [0.15, 0.2) is 0 Å². The van der Waals surface area contributed by atoms with Crippen molar-refractivity contribution in [2.24, 2.45) is 0 Å². The second-order valence-corrected chi connectivity index (χ2v) is 5.42. The normalized spacial score (nSPS) is 12.3. The van der Waals surface area contributed by atoms with Crippen LogP contribution in [-0.4, -0.2) is 23.4 Å². The Labute approximate surface area is 116 Å². The number of alkyl halides is 3. The van der Waals surface area contributed by atoms with E-state index >= 15 is 0 Å². The third kappa shape index (κ3) is 3.05. The molecule has 0 aliphatic heterocycles. The molecule has 0 aliphatic carbocycles. The lowest BCUT2D eigenvalue weighted by Crippen LogP contribution is -2.19. The molecule has 6 nitrogen and oxygen atoms in total. The molecule has 0 radical (unpaired) electrons. The Hall–Kier alpha value is -2.36. The lowest BCUT2D eigenvalue weighted by molar-refractivity contribution is -0.137. The number of halogens is 3. The summed E-state index contributed by atoms with van der Waals surface area (Å²) in [5.74, 6) is -1.38. The van der Waals surface area contributed by atoms with Crippen molar-refractivity contribution in [1.82, 2.24) is 4.73 Å². The maximum atomic E-state index is 12.4. The van der Waals surface area contributed by atoms with Crippen LogP contribution in [0.25, 0.3) is 0 Å². The van der Waals surface area contributed by atoms with Crippen LogP contribution in [0.2, 0.25) is 0 Å². The molecule has 0 fully saturated rings. The summed E-state index contributed by atoms with van der Waals surface area (Å²) in [5.41, 5.74) is -1.02. The van der Waals surface area contributed by atoms with Crippen molar-refractivity contribution < 1.29 is 36.1 Å². The molecule has 21 heavy (non-hydrogen) atoms. The van der Waals surface area contributed by atoms with E-state index in [1.165, 1.54) is 0 Å². The third-order valence-corrected chi connectivity index (χ3v) is 3.64. The van der Waals surface area contributed by atoms with Gasteiger partial charge in [-0.3, -0.25) is 4.28 Å². The van der Waals surface area contributed by atoms with Gasteiger partial charge in [0.2, 0.25) is 11.8 Å². The average Bonchev–Trinajstić information content (AvgIpc) is 2.69. The standard InChI is InChI=1S/C11H8F3NO5S/c12-11(13,14)7-1-3-8(4-2-7)21(18,19)20-15-9(16)5-6-10(15)17/h1-6,16-17H. The quantitative estimate of drug-likeness (QED) is 0.898. The van der Waals surface area contributed by atoms with Gasteiger partial charge < -0.3 is 10.2 Å². The SMILES string of the molecule is O=S(=O)(On1c(O)ccc1O)c1ccc(C(F)(F)F)cc1. The number of nitrogens with zero attached hydrogens (tertiary/aromatic N) is 1. The predicted octanol–water partition coefficient (Wildman–Crippen LogP) is 1.74. The molecule has 1 aromatic carbocycles. The molecule has 114 valence electrons. The van der Waals surface area contributed by atoms with Crippen molar-refractivity contribution in [2.75, 3.05) is 0 Å². The van der Waals surface area contributed by atoms with Crippen LogP contribution in [0.1, 0.15) is 5.56 Å². The van der Waals surface area contributed by atoms with Gasteiger partial charge in [0.05, 0.1) is 5.56 Å². The second kappa shape index (κ2) is 4.88. The molecule has 0 saturated heterocycles. The third-order valence-electron chi connectivity index (χ3n) is 2.44. The van der Waals surface area contributed by atoms with Crippen LogP contribution in [0, 0.1) is 0 Å². The highest BCUT2D eigenvalue weighted by Gasteiger charge is 2.31. The van der Waals surface area contributed by atoms with Crippen molar-refractivity contribution >= 4 is 10.1 Å². The molecule has 0 bridgehead atoms. The largest absolute Gasteiger partial charge is 0.492 e. The van der Waals surface area contributed by atoms with Crippen molar-refractivity contribution in [3.63, 3.8) is 0 Å². The molecular weight excluding hydrogens is 315 g/mol. The first-order chi connectivity index (χ1) is 9.61. The van der Waals surface area contributed by atoms with E-state index in [1.807, 2.05) is 0 Å². The van der Waals surface area contributed by atoms with E-state index in [4.69, 9.17) is 0 Å². The van der Waals surface area contributed by atoms with Crippen molar-refractivity contribution in [3.05, 3.63) is 42.0 Å². The summed E-state index contributed by atoms with van der Waals surface area (Å²) in [7, 11) is -4.51. The van der Waals surface area contributed by atoms with Crippen LogP contribution in [0.5, 0.6) is 11.8 Å². The first-order valence-electron chi connectivity index (χ1n) is 5.33. The first kappa shape index (κ1) is 15.0. The number of rotatable bonds is 3. The van der Waals surface area contributed by atoms with Gasteiger partial charge in [-0.2, -0.15) is 21.6 Å². The lowest BCUT2D eigenvalue weighted by Gasteiger charge is -2.10. The zero-order valence-electron chi connectivity index (χ0n) is 10.1. The van der Waals surface area contributed by atoms with Crippen LogP contribution in [0.15, 0.2) is 41.3 Å². The zero-order chi connectivity index (χ0) is 15.8. The molecule has 0 aliphatic rings. The molecule has 2 aromatic rings. The van der Waals surface area contributed by atoms with E-state index in [0.717, 1.165) is 12.1 Å². The van der Waals surface area contributed by atoms with Gasteiger partial charge in [-0.05, 0) is 24.3 Å². The Morgan fingerprint density at radius 1 is 0.952 bits per heavy atom. The molecule has 2 N–H and O–H groups in total. The number of hydrogen-bond donors (Lipinski definition) is 2. The van der Waals surface area contributed by atoms with Gasteiger partial charge in [0, 0.05) is 12.1 Å². The Morgan fingerprint density at radius 3 is 1.86 bits per heavy atom. The molecule has 0 unspecified atom stereocenters. The van der Waals surface area contributed by atoms with Crippen LogP contribution >= 0.6 is 0 Å². The summed E-state index contributed by atoms with van der Waals surface area (Å²) >= 11 is 0. The number of hydrogen-bond acceptors (Lipinski definition) is 5. The molecule has 0 amide bonds. The monoisotopic (exact) mass is 323 g/mol. The number of aromatic nitrogens is 1. The van der Waals surface area contributed by atoms with Crippen LogP contribution in [0.4, 0.5) is 13.2 Å². The molecule has 1 aromatic heterocycles. The zero-order valence-corrected chi connectivity index (χ0v) is 10.9. The number of aromatic hydroxyl groups is 2. The minimum Gasteiger partial charge on any atom is -0.492 e. The fourth-order valence-electron chi connectivity index (χ4n) is 1.43. The molecule has 2 rings (SSSR count). The highest BCUT2D eigenvalue weighted by Crippen LogP contribution is 2.30. The Kier molecular flexibility index (Phi) is 3.49. The van der Waals surface area contributed by atoms with Crippen LogP contribution in [-0.2, 0) is 16.3 Å². The Morgan fingerprint density at radius 2 is 1.43 bits per heavy atom. The van der Waals surface area contributed by atoms with Gasteiger partial charge in [-0.25, -0.2) is 0 Å². The summed E-state index contributed by atoms with van der Waals surface area (Å²) in [6.07, 6.45) is -4.60. The topological polar surface area (TPSA) is 88.8 Å². The summed E-state index contributed by atoms with van der Waals surface area (Å²) in [6, 6.07) is 4.50. The minimum absolute atomic E-state index is 0.215. The molecular formula is C11H8F3NO5S. The van der Waals surface area contributed by atoms with E-state index < -0.39 is 38.5 Å². The lowest BCUT2D eigenvalue weighted by atomic mass is 10.2. The maximum absolute atomic E-state index is 12.4.